The lowest BCUT2D eigenvalue weighted by Gasteiger charge is -2.31. The molecule has 234 valence electrons. The number of hydrogen-bond acceptors (Lipinski definition) is 5. The van der Waals surface area contributed by atoms with Crippen molar-refractivity contribution in [2.75, 3.05) is 47.0 Å². The minimum Gasteiger partial charge on any atom is -0.449 e. The number of piperidine rings is 1. The molecule has 0 N–H and O–H groups in total. The Balaban J connectivity index is 1.31. The second-order valence-corrected chi connectivity index (χ2v) is 12.3. The largest absolute Gasteiger partial charge is 0.449 e. The summed E-state index contributed by atoms with van der Waals surface area (Å²) in [6.45, 7) is 8.58. The van der Waals surface area contributed by atoms with Crippen LogP contribution in [0.15, 0.2) is 67.4 Å². The summed E-state index contributed by atoms with van der Waals surface area (Å²) in [5.41, 5.74) is 3.69. The fourth-order valence-corrected chi connectivity index (χ4v) is 5.86. The van der Waals surface area contributed by atoms with E-state index in [1.165, 1.54) is 0 Å². The van der Waals surface area contributed by atoms with Crippen LogP contribution in [0.3, 0.4) is 0 Å². The molecule has 9 heteroatoms. The lowest BCUT2D eigenvalue weighted by molar-refractivity contribution is 0.0744. The lowest BCUT2D eigenvalue weighted by atomic mass is 9.97. The summed E-state index contributed by atoms with van der Waals surface area (Å²) in [6.07, 6.45) is 10.4. The van der Waals surface area contributed by atoms with Crippen molar-refractivity contribution in [3.8, 4) is 11.1 Å². The Bertz CT molecular complexity index is 1540. The molecule has 1 fully saturated rings. The van der Waals surface area contributed by atoms with Crippen LogP contribution >= 0.6 is 0 Å². The zero-order chi connectivity index (χ0) is 31.1. The maximum Gasteiger partial charge on any atom is 0.409 e. The number of benzene rings is 2. The Morgan fingerprint density at radius 1 is 1.02 bits per heavy atom. The van der Waals surface area contributed by atoms with E-state index in [2.05, 4.69) is 58.4 Å². The van der Waals surface area contributed by atoms with Gasteiger partial charge in [0.25, 0.3) is 5.91 Å². The molecule has 2 amide bonds. The maximum absolute atomic E-state index is 13.7. The highest BCUT2D eigenvalue weighted by Crippen LogP contribution is 2.33. The van der Waals surface area contributed by atoms with E-state index in [1.54, 1.807) is 12.0 Å². The molecule has 0 atom stereocenters. The highest BCUT2D eigenvalue weighted by molar-refractivity contribution is 6.05. The van der Waals surface area contributed by atoms with Crippen LogP contribution in [-0.2, 0) is 22.6 Å². The molecule has 0 unspecified atom stereocenters. The van der Waals surface area contributed by atoms with Gasteiger partial charge in [-0.15, -0.1) is 0 Å². The number of aromatic nitrogens is 3. The first kappa shape index (κ1) is 31.3. The summed E-state index contributed by atoms with van der Waals surface area (Å²) in [5.74, 6) is 0.931. The van der Waals surface area contributed by atoms with Gasteiger partial charge in [-0.3, -0.25) is 4.79 Å². The Labute approximate surface area is 260 Å². The Morgan fingerprint density at radius 3 is 2.57 bits per heavy atom. The Morgan fingerprint density at radius 2 is 1.80 bits per heavy atom. The van der Waals surface area contributed by atoms with Crippen molar-refractivity contribution in [3.63, 3.8) is 0 Å². The van der Waals surface area contributed by atoms with Gasteiger partial charge in [-0.25, -0.2) is 9.78 Å². The van der Waals surface area contributed by atoms with Crippen molar-refractivity contribution >= 4 is 22.8 Å². The molecule has 0 saturated carbocycles. The SMILES string of the molecule is COCCN(C)C(=O)c1cn(Cc2cncn2CC2CCN(C(=O)OCCC(C)C)CC2)cc1-c1cccc2ccccc12. The van der Waals surface area contributed by atoms with E-state index in [4.69, 9.17) is 9.47 Å². The number of methoxy groups -OCH3 is 1. The molecule has 1 saturated heterocycles. The van der Waals surface area contributed by atoms with Crippen molar-refractivity contribution in [2.24, 2.45) is 11.8 Å². The minimum absolute atomic E-state index is 0.0354. The molecule has 0 bridgehead atoms. The standard InChI is InChI=1S/C35H45N5O4/c1-26(2)14-18-44-35(42)39-15-12-27(13-16-39)21-40-25-36-20-29(40)22-38-23-32(33(24-38)34(41)37(3)17-19-43-4)31-11-7-9-28-8-5-6-10-30(28)31/h5-11,20,23-27H,12-19,21-22H2,1-4H3. The minimum atomic E-state index is -0.194. The predicted molar refractivity (Wildman–Crippen MR) is 173 cm³/mol. The monoisotopic (exact) mass is 599 g/mol. The molecular weight excluding hydrogens is 554 g/mol. The van der Waals surface area contributed by atoms with Crippen molar-refractivity contribution < 1.29 is 19.1 Å². The smallest absolute Gasteiger partial charge is 0.409 e. The summed E-state index contributed by atoms with van der Waals surface area (Å²) in [4.78, 5) is 34.2. The molecule has 2 aromatic carbocycles. The van der Waals surface area contributed by atoms with Gasteiger partial charge in [0.1, 0.15) is 0 Å². The molecule has 0 radical (unpaired) electrons. The third-order valence-electron chi connectivity index (χ3n) is 8.56. The van der Waals surface area contributed by atoms with E-state index in [1.807, 2.05) is 48.9 Å². The van der Waals surface area contributed by atoms with Gasteiger partial charge < -0.3 is 28.4 Å². The average molecular weight is 600 g/mol. The topological polar surface area (TPSA) is 81.8 Å². The van der Waals surface area contributed by atoms with Crippen LogP contribution in [0.1, 0.15) is 49.2 Å². The molecule has 0 aliphatic carbocycles. The van der Waals surface area contributed by atoms with Gasteiger partial charge >= 0.3 is 6.09 Å². The van der Waals surface area contributed by atoms with Gasteiger partial charge in [0.2, 0.25) is 0 Å². The molecule has 9 nitrogen and oxygen atoms in total. The Kier molecular flexibility index (Phi) is 10.4. The maximum atomic E-state index is 13.7. The molecular formula is C35H45N5O4. The second kappa shape index (κ2) is 14.6. The normalized spacial score (nSPS) is 14.0. The summed E-state index contributed by atoms with van der Waals surface area (Å²) in [7, 11) is 3.46. The summed E-state index contributed by atoms with van der Waals surface area (Å²) in [5, 5.41) is 2.25. The van der Waals surface area contributed by atoms with Gasteiger partial charge in [0, 0.05) is 64.5 Å². The molecule has 4 aromatic rings. The van der Waals surface area contributed by atoms with Crippen molar-refractivity contribution in [3.05, 3.63) is 78.6 Å². The number of rotatable bonds is 12. The molecule has 1 aliphatic rings. The number of hydrogen-bond donors (Lipinski definition) is 0. The number of imidazole rings is 1. The number of ether oxygens (including phenoxy) is 2. The molecule has 44 heavy (non-hydrogen) atoms. The van der Waals surface area contributed by atoms with Crippen LogP contribution < -0.4 is 0 Å². The third kappa shape index (κ3) is 7.50. The first-order valence-electron chi connectivity index (χ1n) is 15.7. The second-order valence-electron chi connectivity index (χ2n) is 12.3. The summed E-state index contributed by atoms with van der Waals surface area (Å²) in [6, 6.07) is 14.5. The quantitative estimate of drug-likeness (QED) is 0.195. The van der Waals surface area contributed by atoms with Gasteiger partial charge in [-0.1, -0.05) is 56.3 Å². The molecule has 2 aromatic heterocycles. The number of carbonyl (C=O) groups is 2. The van der Waals surface area contributed by atoms with Crippen LogP contribution in [0.2, 0.25) is 0 Å². The summed E-state index contributed by atoms with van der Waals surface area (Å²) >= 11 is 0. The Hall–Kier alpha value is -4.11. The van der Waals surface area contributed by atoms with Crippen molar-refractivity contribution in [1.82, 2.24) is 23.9 Å². The van der Waals surface area contributed by atoms with E-state index in [9.17, 15) is 9.59 Å². The number of fused-ring (bicyclic) bond motifs is 1. The highest BCUT2D eigenvalue weighted by Gasteiger charge is 2.25. The van der Waals surface area contributed by atoms with Crippen LogP contribution in [0.25, 0.3) is 21.9 Å². The van der Waals surface area contributed by atoms with E-state index < -0.39 is 0 Å². The van der Waals surface area contributed by atoms with Gasteiger partial charge in [0.05, 0.1) is 37.3 Å². The van der Waals surface area contributed by atoms with E-state index >= 15 is 0 Å². The molecule has 1 aliphatic heterocycles. The van der Waals surface area contributed by atoms with E-state index in [0.29, 0.717) is 56.8 Å². The summed E-state index contributed by atoms with van der Waals surface area (Å²) < 4.78 is 15.0. The van der Waals surface area contributed by atoms with E-state index in [-0.39, 0.29) is 12.0 Å². The van der Waals surface area contributed by atoms with Crippen LogP contribution in [0, 0.1) is 11.8 Å². The highest BCUT2D eigenvalue weighted by atomic mass is 16.6. The third-order valence-corrected chi connectivity index (χ3v) is 8.56. The van der Waals surface area contributed by atoms with E-state index in [0.717, 1.165) is 53.4 Å². The van der Waals surface area contributed by atoms with Crippen LogP contribution in [0.4, 0.5) is 4.79 Å². The zero-order valence-corrected chi connectivity index (χ0v) is 26.4. The fourth-order valence-electron chi connectivity index (χ4n) is 5.86. The van der Waals surface area contributed by atoms with Crippen LogP contribution in [-0.4, -0.2) is 82.9 Å². The average Bonchev–Trinajstić information content (AvgIpc) is 3.66. The van der Waals surface area contributed by atoms with Gasteiger partial charge in [-0.2, -0.15) is 0 Å². The predicted octanol–water partition coefficient (Wildman–Crippen LogP) is 6.17. The van der Waals surface area contributed by atoms with Crippen molar-refractivity contribution in [2.45, 2.75) is 46.2 Å². The molecule has 0 spiro atoms. The lowest BCUT2D eigenvalue weighted by Crippen LogP contribution is -2.39. The number of carbonyl (C=O) groups excluding carboxylic acids is 2. The molecule has 5 rings (SSSR count). The number of nitrogens with zero attached hydrogens (tertiary/aromatic N) is 5. The first-order valence-corrected chi connectivity index (χ1v) is 15.7. The fraction of sp³-hybridized carbons (Fsp3) is 0.457. The molecule has 3 heterocycles. The van der Waals surface area contributed by atoms with Gasteiger partial charge in [0.15, 0.2) is 0 Å². The first-order chi connectivity index (χ1) is 21.3. The number of amides is 2. The van der Waals surface area contributed by atoms with Gasteiger partial charge in [-0.05, 0) is 47.4 Å². The zero-order valence-electron chi connectivity index (χ0n) is 26.4. The van der Waals surface area contributed by atoms with Crippen LogP contribution in [0.5, 0.6) is 0 Å². The number of likely N-dealkylation sites (tertiary alicyclic amines) is 1. The number of likely N-dealkylation sites (N-methyl/N-ethyl adjacent to an activating group) is 1. The van der Waals surface area contributed by atoms with Crippen molar-refractivity contribution in [1.29, 1.82) is 0 Å².